The fraction of sp³-hybridized carbons (Fsp3) is 0.500. The van der Waals surface area contributed by atoms with Crippen LogP contribution >= 0.6 is 0 Å². The molecule has 0 aromatic heterocycles. The van der Waals surface area contributed by atoms with E-state index in [1.807, 2.05) is 13.8 Å². The van der Waals surface area contributed by atoms with E-state index in [-0.39, 0.29) is 24.1 Å². The van der Waals surface area contributed by atoms with Crippen molar-refractivity contribution in [1.29, 1.82) is 0 Å². The Hall–Kier alpha value is -2.05. The van der Waals surface area contributed by atoms with Crippen LogP contribution in [0.1, 0.15) is 32.8 Å². The van der Waals surface area contributed by atoms with Gasteiger partial charge in [-0.15, -0.1) is 0 Å². The molecule has 0 aliphatic rings. The summed E-state index contributed by atoms with van der Waals surface area (Å²) in [7, 11) is 0. The topological polar surface area (TPSA) is 49.4 Å². The molecule has 128 valence electrons. The molecule has 0 radical (unpaired) electrons. The van der Waals surface area contributed by atoms with Gasteiger partial charge in [-0.05, 0) is 25.0 Å². The van der Waals surface area contributed by atoms with Gasteiger partial charge in [-0.25, -0.2) is 0 Å². The smallest absolute Gasteiger partial charge is 0.334 e. The van der Waals surface area contributed by atoms with E-state index in [1.54, 1.807) is 6.92 Å². The molecule has 1 aromatic rings. The molecule has 1 aromatic carbocycles. The van der Waals surface area contributed by atoms with E-state index in [9.17, 15) is 22.8 Å². The number of nitrogens with one attached hydrogen (secondary N) is 1. The lowest BCUT2D eigenvalue weighted by Crippen LogP contribution is -2.38. The Morgan fingerprint density at radius 1 is 1.22 bits per heavy atom. The zero-order chi connectivity index (χ0) is 17.6. The van der Waals surface area contributed by atoms with Crippen LogP contribution in [0.25, 0.3) is 0 Å². The minimum absolute atomic E-state index is 0.144. The summed E-state index contributed by atoms with van der Waals surface area (Å²) in [5, 5.41) is 2.24. The Kier molecular flexibility index (Phi) is 6.60. The SMILES string of the molecule is CCN(CC(=O)Nc1ccccc1C(F)(F)F)C(=O)CC(C)C. The van der Waals surface area contributed by atoms with Crippen LogP contribution in [0.5, 0.6) is 0 Å². The molecule has 4 nitrogen and oxygen atoms in total. The van der Waals surface area contributed by atoms with Gasteiger partial charge in [0.1, 0.15) is 0 Å². The number of carbonyl (C=O) groups excluding carboxylic acids is 2. The number of likely N-dealkylation sites (N-methyl/N-ethyl adjacent to an activating group) is 1. The standard InChI is InChI=1S/C16H21F3N2O2/c1-4-21(15(23)9-11(2)3)10-14(22)20-13-8-6-5-7-12(13)16(17,18)19/h5-8,11H,4,9-10H2,1-3H3,(H,20,22). The molecule has 0 unspecified atom stereocenters. The number of para-hydroxylation sites is 1. The summed E-state index contributed by atoms with van der Waals surface area (Å²) >= 11 is 0. The Morgan fingerprint density at radius 2 is 1.83 bits per heavy atom. The maximum atomic E-state index is 12.9. The fourth-order valence-electron chi connectivity index (χ4n) is 2.06. The lowest BCUT2D eigenvalue weighted by molar-refractivity contribution is -0.137. The van der Waals surface area contributed by atoms with Gasteiger partial charge in [0.15, 0.2) is 0 Å². The van der Waals surface area contributed by atoms with E-state index in [0.717, 1.165) is 6.07 Å². The second-order valence-corrected chi connectivity index (χ2v) is 5.60. The molecule has 7 heteroatoms. The average molecular weight is 330 g/mol. The summed E-state index contributed by atoms with van der Waals surface area (Å²) in [5.41, 5.74) is -1.22. The van der Waals surface area contributed by atoms with Gasteiger partial charge in [-0.3, -0.25) is 9.59 Å². The molecule has 23 heavy (non-hydrogen) atoms. The number of benzene rings is 1. The number of carbonyl (C=O) groups is 2. The van der Waals surface area contributed by atoms with E-state index in [1.165, 1.54) is 23.1 Å². The molecule has 0 aliphatic carbocycles. The van der Waals surface area contributed by atoms with E-state index in [4.69, 9.17) is 0 Å². The number of halogens is 3. The maximum Gasteiger partial charge on any atom is 0.418 e. The van der Waals surface area contributed by atoms with Crippen molar-refractivity contribution < 1.29 is 22.8 Å². The van der Waals surface area contributed by atoms with Gasteiger partial charge < -0.3 is 10.2 Å². The van der Waals surface area contributed by atoms with Crippen LogP contribution < -0.4 is 5.32 Å². The Bertz CT molecular complexity index is 557. The van der Waals surface area contributed by atoms with Crippen molar-refractivity contribution in [2.45, 2.75) is 33.4 Å². The molecule has 0 atom stereocenters. The molecule has 0 bridgehead atoms. The molecule has 0 saturated carbocycles. The van der Waals surface area contributed by atoms with Gasteiger partial charge in [0, 0.05) is 13.0 Å². The Morgan fingerprint density at radius 3 is 2.35 bits per heavy atom. The molecule has 2 amide bonds. The molecular formula is C16H21F3N2O2. The van der Waals surface area contributed by atoms with Gasteiger partial charge in [-0.1, -0.05) is 26.0 Å². The van der Waals surface area contributed by atoms with Crippen LogP contribution in [0.4, 0.5) is 18.9 Å². The summed E-state index contributed by atoms with van der Waals surface area (Å²) in [6.45, 7) is 5.53. The third-order valence-electron chi connectivity index (χ3n) is 3.16. The second kappa shape index (κ2) is 7.99. The summed E-state index contributed by atoms with van der Waals surface area (Å²) in [6.07, 6.45) is -4.26. The zero-order valence-electron chi connectivity index (χ0n) is 13.4. The zero-order valence-corrected chi connectivity index (χ0v) is 13.4. The highest BCUT2D eigenvalue weighted by molar-refractivity contribution is 5.95. The van der Waals surface area contributed by atoms with Crippen LogP contribution in [-0.2, 0) is 15.8 Å². The summed E-state index contributed by atoms with van der Waals surface area (Å²) in [4.78, 5) is 25.3. The van der Waals surface area contributed by atoms with Gasteiger partial charge in [0.05, 0.1) is 17.8 Å². The van der Waals surface area contributed by atoms with Gasteiger partial charge in [-0.2, -0.15) is 13.2 Å². The molecule has 0 aliphatic heterocycles. The monoisotopic (exact) mass is 330 g/mol. The molecule has 0 fully saturated rings. The predicted octanol–water partition coefficient (Wildman–Crippen LogP) is 3.54. The van der Waals surface area contributed by atoms with Crippen molar-refractivity contribution in [3.63, 3.8) is 0 Å². The van der Waals surface area contributed by atoms with Crippen LogP contribution in [-0.4, -0.2) is 29.8 Å². The van der Waals surface area contributed by atoms with E-state index in [0.29, 0.717) is 13.0 Å². The minimum Gasteiger partial charge on any atom is -0.334 e. The number of amides is 2. The van der Waals surface area contributed by atoms with Gasteiger partial charge >= 0.3 is 6.18 Å². The first kappa shape index (κ1) is 19.0. The van der Waals surface area contributed by atoms with Crippen molar-refractivity contribution >= 4 is 17.5 Å². The first-order valence-corrected chi connectivity index (χ1v) is 7.39. The highest BCUT2D eigenvalue weighted by atomic mass is 19.4. The third-order valence-corrected chi connectivity index (χ3v) is 3.16. The van der Waals surface area contributed by atoms with E-state index < -0.39 is 17.6 Å². The second-order valence-electron chi connectivity index (χ2n) is 5.60. The highest BCUT2D eigenvalue weighted by Gasteiger charge is 2.33. The Balaban J connectivity index is 2.79. The van der Waals surface area contributed by atoms with Crippen molar-refractivity contribution in [3.05, 3.63) is 29.8 Å². The predicted molar refractivity (Wildman–Crippen MR) is 81.8 cm³/mol. The van der Waals surface area contributed by atoms with E-state index >= 15 is 0 Å². The molecule has 0 spiro atoms. The minimum atomic E-state index is -4.55. The summed E-state index contributed by atoms with van der Waals surface area (Å²) in [6, 6.07) is 4.75. The normalized spacial score (nSPS) is 11.4. The largest absolute Gasteiger partial charge is 0.418 e. The fourth-order valence-corrected chi connectivity index (χ4v) is 2.06. The third kappa shape index (κ3) is 5.92. The Labute approximate surface area is 133 Å². The summed E-state index contributed by atoms with van der Waals surface area (Å²) in [5.74, 6) is -0.701. The maximum absolute atomic E-state index is 12.9. The molecule has 1 rings (SSSR count). The van der Waals surface area contributed by atoms with Crippen LogP contribution in [0, 0.1) is 5.92 Å². The van der Waals surface area contributed by atoms with Crippen molar-refractivity contribution in [1.82, 2.24) is 4.90 Å². The first-order chi connectivity index (χ1) is 10.6. The number of nitrogens with zero attached hydrogens (tertiary/aromatic N) is 1. The highest BCUT2D eigenvalue weighted by Crippen LogP contribution is 2.34. The van der Waals surface area contributed by atoms with Crippen molar-refractivity contribution in [2.24, 2.45) is 5.92 Å². The van der Waals surface area contributed by atoms with Gasteiger partial charge in [0.2, 0.25) is 11.8 Å². The average Bonchev–Trinajstić information content (AvgIpc) is 2.43. The first-order valence-electron chi connectivity index (χ1n) is 7.39. The molecule has 0 heterocycles. The lowest BCUT2D eigenvalue weighted by Gasteiger charge is -2.22. The van der Waals surface area contributed by atoms with Crippen LogP contribution in [0.2, 0.25) is 0 Å². The molecule has 1 N–H and O–H groups in total. The molecule has 0 saturated heterocycles. The van der Waals surface area contributed by atoms with Crippen LogP contribution in [0.3, 0.4) is 0 Å². The number of hydrogen-bond acceptors (Lipinski definition) is 2. The molecular weight excluding hydrogens is 309 g/mol. The number of alkyl halides is 3. The number of rotatable bonds is 6. The number of hydrogen-bond donors (Lipinski definition) is 1. The van der Waals surface area contributed by atoms with Gasteiger partial charge in [0.25, 0.3) is 0 Å². The van der Waals surface area contributed by atoms with E-state index in [2.05, 4.69) is 5.32 Å². The lowest BCUT2D eigenvalue weighted by atomic mass is 10.1. The number of anilines is 1. The van der Waals surface area contributed by atoms with Crippen molar-refractivity contribution in [3.8, 4) is 0 Å². The summed E-state index contributed by atoms with van der Waals surface area (Å²) < 4.78 is 38.6. The van der Waals surface area contributed by atoms with Crippen LogP contribution in [0.15, 0.2) is 24.3 Å². The quantitative estimate of drug-likeness (QED) is 0.867. The van der Waals surface area contributed by atoms with Crippen molar-refractivity contribution in [2.75, 3.05) is 18.4 Å².